The molecule has 2 amide bonds. The maximum absolute atomic E-state index is 12.5. The van der Waals surface area contributed by atoms with Gasteiger partial charge in [-0.05, 0) is 43.7 Å². The Morgan fingerprint density at radius 3 is 2.21 bits per heavy atom. The topological polar surface area (TPSA) is 72.6 Å². The minimum atomic E-state index is -0.494. The molecule has 0 radical (unpaired) electrons. The van der Waals surface area contributed by atoms with Gasteiger partial charge in [0.05, 0.1) is 0 Å². The van der Waals surface area contributed by atoms with Crippen molar-refractivity contribution in [1.29, 1.82) is 0 Å². The van der Waals surface area contributed by atoms with E-state index in [4.69, 9.17) is 10.5 Å². The lowest BCUT2D eigenvalue weighted by Gasteiger charge is -2.27. The first kappa shape index (κ1) is 17.5. The average molecular weight is 326 g/mol. The molecular formula is C19H22N2O3. The minimum Gasteiger partial charge on any atom is -0.484 e. The third-order valence-corrected chi connectivity index (χ3v) is 3.64. The fourth-order valence-corrected chi connectivity index (χ4v) is 2.28. The Balaban J connectivity index is 1.96. The molecule has 0 saturated heterocycles. The van der Waals surface area contributed by atoms with Gasteiger partial charge in [0.2, 0.25) is 5.91 Å². The maximum atomic E-state index is 12.5. The Morgan fingerprint density at radius 1 is 1.04 bits per heavy atom. The van der Waals surface area contributed by atoms with E-state index in [0.717, 1.165) is 5.56 Å². The summed E-state index contributed by atoms with van der Waals surface area (Å²) in [5, 5.41) is 0. The van der Waals surface area contributed by atoms with Crippen LogP contribution in [0.2, 0.25) is 0 Å². The van der Waals surface area contributed by atoms with Crippen LogP contribution in [-0.4, -0.2) is 29.4 Å². The smallest absolute Gasteiger partial charge is 0.261 e. The normalized spacial score (nSPS) is 10.5. The Morgan fingerprint density at radius 2 is 1.67 bits per heavy atom. The number of ether oxygens (including phenoxy) is 1. The molecule has 0 aliphatic heterocycles. The Labute approximate surface area is 142 Å². The van der Waals surface area contributed by atoms with Crippen molar-refractivity contribution in [2.24, 2.45) is 5.73 Å². The molecule has 0 heterocycles. The number of carbonyl (C=O) groups excluding carboxylic acids is 2. The summed E-state index contributed by atoms with van der Waals surface area (Å²) in [5.74, 6) is -0.0592. The van der Waals surface area contributed by atoms with Gasteiger partial charge in [0.1, 0.15) is 5.75 Å². The molecular weight excluding hydrogens is 304 g/mol. The highest BCUT2D eigenvalue weighted by molar-refractivity contribution is 5.92. The predicted molar refractivity (Wildman–Crippen MR) is 92.6 cm³/mol. The maximum Gasteiger partial charge on any atom is 0.261 e. The lowest BCUT2D eigenvalue weighted by atomic mass is 10.2. The second-order valence-corrected chi connectivity index (χ2v) is 5.78. The zero-order valence-electron chi connectivity index (χ0n) is 13.9. The molecule has 2 aromatic carbocycles. The molecule has 2 aromatic rings. The number of hydrogen-bond donors (Lipinski definition) is 1. The van der Waals surface area contributed by atoms with Crippen molar-refractivity contribution in [1.82, 2.24) is 4.90 Å². The van der Waals surface area contributed by atoms with E-state index in [1.165, 1.54) is 0 Å². The molecule has 2 N–H and O–H groups in total. The predicted octanol–water partition coefficient (Wildman–Crippen LogP) is 2.60. The van der Waals surface area contributed by atoms with E-state index in [1.54, 1.807) is 29.2 Å². The molecule has 0 spiro atoms. The lowest BCUT2D eigenvalue weighted by molar-refractivity contribution is -0.135. The summed E-state index contributed by atoms with van der Waals surface area (Å²) in [5.41, 5.74) is 6.67. The van der Waals surface area contributed by atoms with Crippen LogP contribution >= 0.6 is 0 Å². The molecule has 0 aliphatic rings. The highest BCUT2D eigenvalue weighted by atomic mass is 16.5. The zero-order valence-corrected chi connectivity index (χ0v) is 13.9. The molecule has 24 heavy (non-hydrogen) atoms. The summed E-state index contributed by atoms with van der Waals surface area (Å²) in [6.45, 7) is 4.44. The van der Waals surface area contributed by atoms with E-state index in [9.17, 15) is 9.59 Å². The van der Waals surface area contributed by atoms with Crippen molar-refractivity contribution in [3.63, 3.8) is 0 Å². The molecule has 126 valence electrons. The molecule has 0 unspecified atom stereocenters. The van der Waals surface area contributed by atoms with Crippen LogP contribution in [0.3, 0.4) is 0 Å². The van der Waals surface area contributed by atoms with E-state index in [2.05, 4.69) is 0 Å². The van der Waals surface area contributed by atoms with Gasteiger partial charge in [-0.15, -0.1) is 0 Å². The molecule has 0 bridgehead atoms. The van der Waals surface area contributed by atoms with Crippen LogP contribution in [0.5, 0.6) is 5.75 Å². The van der Waals surface area contributed by atoms with E-state index in [0.29, 0.717) is 17.9 Å². The van der Waals surface area contributed by atoms with Crippen LogP contribution in [0.15, 0.2) is 54.6 Å². The first-order chi connectivity index (χ1) is 11.5. The zero-order chi connectivity index (χ0) is 17.5. The van der Waals surface area contributed by atoms with E-state index in [-0.39, 0.29) is 18.6 Å². The van der Waals surface area contributed by atoms with Gasteiger partial charge in [-0.2, -0.15) is 0 Å². The molecule has 5 heteroatoms. The Kier molecular flexibility index (Phi) is 5.95. The summed E-state index contributed by atoms with van der Waals surface area (Å²) >= 11 is 0. The molecule has 2 rings (SSSR count). The third kappa shape index (κ3) is 4.84. The third-order valence-electron chi connectivity index (χ3n) is 3.64. The van der Waals surface area contributed by atoms with Crippen molar-refractivity contribution in [3.8, 4) is 5.75 Å². The monoisotopic (exact) mass is 326 g/mol. The second kappa shape index (κ2) is 8.15. The van der Waals surface area contributed by atoms with Crippen LogP contribution in [0.25, 0.3) is 0 Å². The van der Waals surface area contributed by atoms with Crippen LogP contribution in [0, 0.1) is 0 Å². The Hall–Kier alpha value is -2.82. The van der Waals surface area contributed by atoms with Gasteiger partial charge >= 0.3 is 0 Å². The first-order valence-electron chi connectivity index (χ1n) is 7.83. The number of carbonyl (C=O) groups is 2. The van der Waals surface area contributed by atoms with Gasteiger partial charge in [0.15, 0.2) is 6.61 Å². The van der Waals surface area contributed by atoms with Gasteiger partial charge in [-0.3, -0.25) is 9.59 Å². The number of hydrogen-bond acceptors (Lipinski definition) is 3. The van der Waals surface area contributed by atoms with Crippen LogP contribution < -0.4 is 10.5 Å². The summed E-state index contributed by atoms with van der Waals surface area (Å²) in [6.07, 6.45) is 0. The lowest BCUT2D eigenvalue weighted by Crippen LogP contribution is -2.39. The summed E-state index contributed by atoms with van der Waals surface area (Å²) in [4.78, 5) is 25.3. The number of rotatable bonds is 7. The average Bonchev–Trinajstić information content (AvgIpc) is 2.58. The van der Waals surface area contributed by atoms with Gasteiger partial charge in [-0.1, -0.05) is 30.3 Å². The fourth-order valence-electron chi connectivity index (χ4n) is 2.28. The van der Waals surface area contributed by atoms with Gasteiger partial charge in [-0.25, -0.2) is 0 Å². The van der Waals surface area contributed by atoms with Crippen molar-refractivity contribution >= 4 is 11.8 Å². The van der Waals surface area contributed by atoms with Gasteiger partial charge in [0.25, 0.3) is 5.91 Å². The van der Waals surface area contributed by atoms with Gasteiger partial charge in [0, 0.05) is 18.2 Å². The summed E-state index contributed by atoms with van der Waals surface area (Å²) < 4.78 is 5.53. The van der Waals surface area contributed by atoms with Crippen molar-refractivity contribution in [2.45, 2.75) is 26.4 Å². The standard InChI is InChI=1S/C19H22N2O3/c1-14(2)21(12-15-6-4-3-5-7-15)18(22)13-24-17-10-8-16(9-11-17)19(20)23/h3-11,14H,12-13H2,1-2H3,(H2,20,23). The second-order valence-electron chi connectivity index (χ2n) is 5.78. The highest BCUT2D eigenvalue weighted by Crippen LogP contribution is 2.13. The molecule has 0 fully saturated rings. The van der Waals surface area contributed by atoms with Gasteiger partial charge < -0.3 is 15.4 Å². The minimum absolute atomic E-state index is 0.0546. The number of amides is 2. The molecule has 5 nitrogen and oxygen atoms in total. The summed E-state index contributed by atoms with van der Waals surface area (Å²) in [6, 6.07) is 16.3. The van der Waals surface area contributed by atoms with E-state index >= 15 is 0 Å². The van der Waals surface area contributed by atoms with Crippen molar-refractivity contribution < 1.29 is 14.3 Å². The highest BCUT2D eigenvalue weighted by Gasteiger charge is 2.18. The molecule has 0 aromatic heterocycles. The quantitative estimate of drug-likeness (QED) is 0.850. The molecule has 0 atom stereocenters. The molecule has 0 saturated carbocycles. The SMILES string of the molecule is CC(C)N(Cc1ccccc1)C(=O)COc1ccc(C(N)=O)cc1. The van der Waals surface area contributed by atoms with Crippen LogP contribution in [0.1, 0.15) is 29.8 Å². The number of benzene rings is 2. The summed E-state index contributed by atoms with van der Waals surface area (Å²) in [7, 11) is 0. The first-order valence-corrected chi connectivity index (χ1v) is 7.83. The van der Waals surface area contributed by atoms with Crippen LogP contribution in [-0.2, 0) is 11.3 Å². The number of primary amides is 1. The van der Waals surface area contributed by atoms with E-state index < -0.39 is 5.91 Å². The van der Waals surface area contributed by atoms with Crippen molar-refractivity contribution in [2.75, 3.05) is 6.61 Å². The molecule has 0 aliphatic carbocycles. The number of nitrogens with zero attached hydrogens (tertiary/aromatic N) is 1. The van der Waals surface area contributed by atoms with E-state index in [1.807, 2.05) is 44.2 Å². The number of nitrogens with two attached hydrogens (primary N) is 1. The Bertz CT molecular complexity index is 682. The largest absolute Gasteiger partial charge is 0.484 e. The van der Waals surface area contributed by atoms with Crippen molar-refractivity contribution in [3.05, 3.63) is 65.7 Å². The fraction of sp³-hybridized carbons (Fsp3) is 0.263. The van der Waals surface area contributed by atoms with Crippen LogP contribution in [0.4, 0.5) is 0 Å².